The van der Waals surface area contributed by atoms with Gasteiger partial charge in [0, 0.05) is 7.14 Å². The zero-order chi connectivity index (χ0) is 17.9. The van der Waals surface area contributed by atoms with Gasteiger partial charge in [0.1, 0.15) is 0 Å². The summed E-state index contributed by atoms with van der Waals surface area (Å²) in [7, 11) is 0. The van der Waals surface area contributed by atoms with Gasteiger partial charge in [0.2, 0.25) is 0 Å². The van der Waals surface area contributed by atoms with Gasteiger partial charge >= 0.3 is 12.4 Å². The van der Waals surface area contributed by atoms with Gasteiger partial charge in [-0.1, -0.05) is 12.1 Å². The zero-order valence-corrected chi connectivity index (χ0v) is 15.8. The molecular formula is C16H6F6I2. The molecule has 0 aliphatic carbocycles. The highest BCUT2D eigenvalue weighted by Gasteiger charge is 2.41. The number of rotatable bonds is 0. The summed E-state index contributed by atoms with van der Waals surface area (Å²) in [5.74, 6) is 0. The van der Waals surface area contributed by atoms with Crippen molar-refractivity contribution in [1.82, 2.24) is 0 Å². The number of hydrogen-bond acceptors (Lipinski definition) is 0. The lowest BCUT2D eigenvalue weighted by Gasteiger charge is -2.20. The maximum absolute atomic E-state index is 13.6. The summed E-state index contributed by atoms with van der Waals surface area (Å²) in [5.41, 5.74) is -2.06. The molecule has 0 atom stereocenters. The first-order valence-corrected chi connectivity index (χ1v) is 8.65. The van der Waals surface area contributed by atoms with Crippen LogP contribution in [0.15, 0.2) is 36.4 Å². The van der Waals surface area contributed by atoms with Crippen LogP contribution in [0, 0.1) is 7.14 Å². The molecule has 8 heteroatoms. The molecule has 0 bridgehead atoms. The standard InChI is InChI=1S/C16H6F6I2/c17-15(18,19)13-9-3-1-7(23)5-11(9)14(16(20,21)22)10-4-2-8(24)6-12(10)13/h1-6H. The third kappa shape index (κ3) is 3.06. The summed E-state index contributed by atoms with van der Waals surface area (Å²) in [6.07, 6.45) is -9.53. The quantitative estimate of drug-likeness (QED) is 0.153. The van der Waals surface area contributed by atoms with Crippen molar-refractivity contribution in [3.63, 3.8) is 0 Å². The molecule has 0 aliphatic heterocycles. The van der Waals surface area contributed by atoms with Crippen molar-refractivity contribution in [3.8, 4) is 0 Å². The molecule has 0 amide bonds. The lowest BCUT2D eigenvalue weighted by molar-refractivity contribution is -0.137. The predicted octanol–water partition coefficient (Wildman–Crippen LogP) is 7.24. The van der Waals surface area contributed by atoms with Crippen molar-refractivity contribution in [2.75, 3.05) is 0 Å². The van der Waals surface area contributed by atoms with Crippen LogP contribution in [0.25, 0.3) is 21.5 Å². The van der Waals surface area contributed by atoms with E-state index in [9.17, 15) is 26.3 Å². The highest BCUT2D eigenvalue weighted by molar-refractivity contribution is 14.1. The first kappa shape index (κ1) is 18.0. The van der Waals surface area contributed by atoms with Gasteiger partial charge in [0.15, 0.2) is 0 Å². The van der Waals surface area contributed by atoms with Gasteiger partial charge in [-0.05, 0) is 91.0 Å². The van der Waals surface area contributed by atoms with Gasteiger partial charge in [0.05, 0.1) is 11.1 Å². The molecule has 0 heterocycles. The van der Waals surface area contributed by atoms with Crippen LogP contribution >= 0.6 is 45.2 Å². The van der Waals surface area contributed by atoms with E-state index >= 15 is 0 Å². The topological polar surface area (TPSA) is 0 Å². The Bertz CT molecular complexity index is 877. The van der Waals surface area contributed by atoms with Crippen LogP contribution in [0.5, 0.6) is 0 Å². The fraction of sp³-hybridized carbons (Fsp3) is 0.125. The average Bonchev–Trinajstić information content (AvgIpc) is 2.41. The largest absolute Gasteiger partial charge is 0.417 e. The minimum atomic E-state index is -4.77. The Morgan fingerprint density at radius 2 is 0.875 bits per heavy atom. The number of fused-ring (bicyclic) bond motifs is 2. The van der Waals surface area contributed by atoms with E-state index in [0.29, 0.717) is 7.14 Å². The third-order valence-corrected chi connectivity index (χ3v) is 4.95. The van der Waals surface area contributed by atoms with Crippen LogP contribution in [0.2, 0.25) is 0 Å². The monoisotopic (exact) mass is 566 g/mol. The minimum Gasteiger partial charge on any atom is -0.166 e. The number of hydrogen-bond donors (Lipinski definition) is 0. The van der Waals surface area contributed by atoms with Gasteiger partial charge in [-0.25, -0.2) is 0 Å². The first-order valence-electron chi connectivity index (χ1n) is 6.49. The molecule has 0 fully saturated rings. The van der Waals surface area contributed by atoms with Crippen molar-refractivity contribution in [1.29, 1.82) is 0 Å². The van der Waals surface area contributed by atoms with E-state index < -0.39 is 45.0 Å². The van der Waals surface area contributed by atoms with Crippen LogP contribution in [0.1, 0.15) is 11.1 Å². The highest BCUT2D eigenvalue weighted by atomic mass is 127. The van der Waals surface area contributed by atoms with E-state index in [1.165, 1.54) is 12.1 Å². The second-order valence-corrected chi connectivity index (χ2v) is 7.62. The number of halogens is 8. The Balaban J connectivity index is 2.70. The average molecular weight is 566 g/mol. The normalized spacial score (nSPS) is 13.0. The molecule has 0 nitrogen and oxygen atoms in total. The van der Waals surface area contributed by atoms with Gasteiger partial charge in [-0.2, -0.15) is 26.3 Å². The Hall–Kier alpha value is -0.780. The molecule has 0 aliphatic rings. The van der Waals surface area contributed by atoms with Crippen LogP contribution in [0.4, 0.5) is 26.3 Å². The number of benzene rings is 3. The summed E-state index contributed by atoms with van der Waals surface area (Å²) >= 11 is 3.57. The van der Waals surface area contributed by atoms with Crippen molar-refractivity contribution in [2.24, 2.45) is 0 Å². The van der Waals surface area contributed by atoms with Crippen molar-refractivity contribution >= 4 is 66.7 Å². The smallest absolute Gasteiger partial charge is 0.166 e. The summed E-state index contributed by atoms with van der Waals surface area (Å²) in [4.78, 5) is 0. The number of alkyl halides is 6. The maximum Gasteiger partial charge on any atom is 0.417 e. The Labute approximate surface area is 159 Å². The van der Waals surface area contributed by atoms with Gasteiger partial charge in [-0.3, -0.25) is 0 Å². The fourth-order valence-electron chi connectivity index (χ4n) is 2.78. The fourth-order valence-corrected chi connectivity index (χ4v) is 3.77. The molecule has 3 aromatic rings. The van der Waals surface area contributed by atoms with E-state index in [4.69, 9.17) is 0 Å². The van der Waals surface area contributed by atoms with E-state index in [0.717, 1.165) is 24.3 Å². The molecular weight excluding hydrogens is 560 g/mol. The molecule has 0 unspecified atom stereocenters. The Morgan fingerprint density at radius 3 is 1.17 bits per heavy atom. The molecule has 0 N–H and O–H groups in total. The first-order chi connectivity index (χ1) is 11.0. The van der Waals surface area contributed by atoms with Gasteiger partial charge < -0.3 is 0 Å². The highest BCUT2D eigenvalue weighted by Crippen LogP contribution is 2.47. The molecule has 0 radical (unpaired) electrons. The molecule has 3 rings (SSSR count). The molecule has 0 saturated heterocycles. The van der Waals surface area contributed by atoms with E-state index in [2.05, 4.69) is 0 Å². The SMILES string of the molecule is FC(F)(F)c1c2ccc(I)cc2c(C(F)(F)F)c2ccc(I)cc12. The van der Waals surface area contributed by atoms with Crippen molar-refractivity contribution in [2.45, 2.75) is 12.4 Å². The molecule has 0 saturated carbocycles. The maximum atomic E-state index is 13.6. The second-order valence-electron chi connectivity index (χ2n) is 5.13. The molecule has 0 spiro atoms. The van der Waals surface area contributed by atoms with Crippen LogP contribution in [-0.4, -0.2) is 0 Å². The van der Waals surface area contributed by atoms with Crippen LogP contribution in [0.3, 0.4) is 0 Å². The lowest BCUT2D eigenvalue weighted by Crippen LogP contribution is -2.13. The van der Waals surface area contributed by atoms with E-state index in [1.807, 2.05) is 0 Å². The predicted molar refractivity (Wildman–Crippen MR) is 96.9 cm³/mol. The van der Waals surface area contributed by atoms with Crippen molar-refractivity contribution in [3.05, 3.63) is 54.7 Å². The summed E-state index contributed by atoms with van der Waals surface area (Å²) in [6, 6.07) is 7.25. The zero-order valence-electron chi connectivity index (χ0n) is 11.5. The summed E-state index contributed by atoms with van der Waals surface area (Å²) < 4.78 is 82.6. The van der Waals surface area contributed by atoms with Crippen LogP contribution in [-0.2, 0) is 12.4 Å². The third-order valence-electron chi connectivity index (χ3n) is 3.61. The van der Waals surface area contributed by atoms with Crippen LogP contribution < -0.4 is 0 Å². The van der Waals surface area contributed by atoms with Crippen molar-refractivity contribution < 1.29 is 26.3 Å². The van der Waals surface area contributed by atoms with Gasteiger partial charge in [0.25, 0.3) is 0 Å². The Kier molecular flexibility index (Phi) is 4.42. The summed E-state index contributed by atoms with van der Waals surface area (Å²) in [5, 5.41) is -1.75. The Morgan fingerprint density at radius 1 is 0.542 bits per heavy atom. The van der Waals surface area contributed by atoms with E-state index in [-0.39, 0.29) is 0 Å². The lowest BCUT2D eigenvalue weighted by atomic mass is 9.91. The molecule has 3 aromatic carbocycles. The molecule has 126 valence electrons. The molecule has 24 heavy (non-hydrogen) atoms. The summed E-state index contributed by atoms with van der Waals surface area (Å²) in [6.45, 7) is 0. The molecule has 0 aromatic heterocycles. The van der Waals surface area contributed by atoms with E-state index in [1.54, 1.807) is 45.2 Å². The minimum absolute atomic E-state index is 0.434. The second kappa shape index (κ2) is 5.89. The van der Waals surface area contributed by atoms with Gasteiger partial charge in [-0.15, -0.1) is 0 Å².